The van der Waals surface area contributed by atoms with Gasteiger partial charge < -0.3 is 9.88 Å². The Bertz CT molecular complexity index is 284. The third-order valence-electron chi connectivity index (χ3n) is 2.38. The minimum absolute atomic E-state index is 0.220. The number of nitrogens with zero attached hydrogens (tertiary/aromatic N) is 1. The highest BCUT2D eigenvalue weighted by molar-refractivity contribution is 5.15. The number of halogens is 2. The van der Waals surface area contributed by atoms with Crippen molar-refractivity contribution in [2.45, 2.75) is 39.3 Å². The number of rotatable bonds is 6. The smallest absolute Gasteiger partial charge is 0.256 e. The summed E-state index contributed by atoms with van der Waals surface area (Å²) in [4.78, 5) is 0. The summed E-state index contributed by atoms with van der Waals surface area (Å²) in [5.41, 5.74) is 1.08. The summed E-state index contributed by atoms with van der Waals surface area (Å²) >= 11 is 0. The molecule has 0 saturated heterocycles. The Kier molecular flexibility index (Phi) is 4.75. The quantitative estimate of drug-likeness (QED) is 0.773. The standard InChI is InChI=1S/C11H18F2N2/c1-3-10(14-4-2)9-5-6-15(7-9)8-11(12)13/h5-7,10-11,14H,3-4,8H2,1-2H3. The molecule has 1 aromatic rings. The first-order chi connectivity index (χ1) is 7.17. The molecule has 0 aliphatic carbocycles. The zero-order valence-electron chi connectivity index (χ0n) is 9.21. The zero-order valence-corrected chi connectivity index (χ0v) is 9.21. The molecular formula is C11H18F2N2. The number of alkyl halides is 2. The van der Waals surface area contributed by atoms with E-state index in [1.165, 1.54) is 0 Å². The zero-order chi connectivity index (χ0) is 11.3. The summed E-state index contributed by atoms with van der Waals surface area (Å²) in [6.07, 6.45) is 2.18. The second kappa shape index (κ2) is 5.85. The first-order valence-corrected chi connectivity index (χ1v) is 5.34. The van der Waals surface area contributed by atoms with Crippen LogP contribution in [-0.4, -0.2) is 17.5 Å². The molecule has 1 rings (SSSR count). The van der Waals surface area contributed by atoms with Gasteiger partial charge in [-0.1, -0.05) is 13.8 Å². The Balaban J connectivity index is 2.64. The lowest BCUT2D eigenvalue weighted by Gasteiger charge is -2.13. The maximum Gasteiger partial charge on any atom is 0.256 e. The van der Waals surface area contributed by atoms with Gasteiger partial charge in [-0.3, -0.25) is 0 Å². The van der Waals surface area contributed by atoms with E-state index in [0.717, 1.165) is 18.5 Å². The molecule has 1 unspecified atom stereocenters. The molecule has 15 heavy (non-hydrogen) atoms. The van der Waals surface area contributed by atoms with Crippen molar-refractivity contribution in [3.63, 3.8) is 0 Å². The number of nitrogens with one attached hydrogen (secondary N) is 1. The fourth-order valence-corrected chi connectivity index (χ4v) is 1.68. The van der Waals surface area contributed by atoms with Crippen molar-refractivity contribution in [2.24, 2.45) is 0 Å². The largest absolute Gasteiger partial charge is 0.348 e. The fraction of sp³-hybridized carbons (Fsp3) is 0.636. The Labute approximate surface area is 89.3 Å². The van der Waals surface area contributed by atoms with Gasteiger partial charge in [0.2, 0.25) is 0 Å². The fourth-order valence-electron chi connectivity index (χ4n) is 1.68. The van der Waals surface area contributed by atoms with Gasteiger partial charge in [-0.05, 0) is 24.6 Å². The molecule has 0 saturated carbocycles. The molecule has 0 bridgehead atoms. The summed E-state index contributed by atoms with van der Waals surface area (Å²) in [6, 6.07) is 2.17. The number of hydrogen-bond acceptors (Lipinski definition) is 1. The van der Waals surface area contributed by atoms with Crippen LogP contribution in [0.4, 0.5) is 8.78 Å². The molecule has 1 aromatic heterocycles. The summed E-state index contributed by atoms with van der Waals surface area (Å²) in [5, 5.41) is 3.31. The predicted molar refractivity (Wildman–Crippen MR) is 57.1 cm³/mol. The van der Waals surface area contributed by atoms with Gasteiger partial charge in [0.05, 0.1) is 6.54 Å². The molecule has 0 aliphatic rings. The Morgan fingerprint density at radius 1 is 1.40 bits per heavy atom. The molecular weight excluding hydrogens is 198 g/mol. The van der Waals surface area contributed by atoms with Crippen LogP contribution < -0.4 is 5.32 Å². The van der Waals surface area contributed by atoms with Crippen LogP contribution in [0.5, 0.6) is 0 Å². The topological polar surface area (TPSA) is 17.0 Å². The Hall–Kier alpha value is -0.900. The number of aromatic nitrogens is 1. The van der Waals surface area contributed by atoms with E-state index in [9.17, 15) is 8.78 Å². The molecule has 86 valence electrons. The molecule has 0 spiro atoms. The van der Waals surface area contributed by atoms with Gasteiger partial charge in [0.15, 0.2) is 0 Å². The second-order valence-electron chi connectivity index (χ2n) is 3.55. The molecule has 4 heteroatoms. The summed E-state index contributed by atoms with van der Waals surface area (Å²) in [6.45, 7) is 4.79. The van der Waals surface area contributed by atoms with Crippen molar-refractivity contribution in [2.75, 3.05) is 6.54 Å². The van der Waals surface area contributed by atoms with Gasteiger partial charge in [-0.15, -0.1) is 0 Å². The van der Waals surface area contributed by atoms with Crippen LogP contribution in [0.15, 0.2) is 18.5 Å². The third-order valence-corrected chi connectivity index (χ3v) is 2.38. The Morgan fingerprint density at radius 3 is 2.67 bits per heavy atom. The average molecular weight is 216 g/mol. The predicted octanol–water partition coefficient (Wildman–Crippen LogP) is 2.81. The lowest BCUT2D eigenvalue weighted by Crippen LogP contribution is -2.19. The molecule has 0 aromatic carbocycles. The van der Waals surface area contributed by atoms with Crippen molar-refractivity contribution in [3.8, 4) is 0 Å². The molecule has 1 N–H and O–H groups in total. The van der Waals surface area contributed by atoms with Crippen LogP contribution >= 0.6 is 0 Å². The third kappa shape index (κ3) is 3.63. The van der Waals surface area contributed by atoms with E-state index in [4.69, 9.17) is 0 Å². The van der Waals surface area contributed by atoms with Crippen LogP contribution in [0.2, 0.25) is 0 Å². The minimum atomic E-state index is -2.29. The van der Waals surface area contributed by atoms with Gasteiger partial charge >= 0.3 is 0 Å². The van der Waals surface area contributed by atoms with Gasteiger partial charge in [0, 0.05) is 18.4 Å². The SMILES string of the molecule is CCNC(CC)c1ccn(CC(F)F)c1. The van der Waals surface area contributed by atoms with E-state index < -0.39 is 6.43 Å². The van der Waals surface area contributed by atoms with Crippen LogP contribution in [0.3, 0.4) is 0 Å². The number of hydrogen-bond donors (Lipinski definition) is 1. The second-order valence-corrected chi connectivity index (χ2v) is 3.55. The van der Waals surface area contributed by atoms with E-state index in [0.29, 0.717) is 0 Å². The molecule has 0 radical (unpaired) electrons. The van der Waals surface area contributed by atoms with Gasteiger partial charge in [0.25, 0.3) is 6.43 Å². The average Bonchev–Trinajstić information content (AvgIpc) is 2.61. The Morgan fingerprint density at radius 2 is 2.13 bits per heavy atom. The maximum atomic E-state index is 12.1. The lowest BCUT2D eigenvalue weighted by molar-refractivity contribution is 0.126. The van der Waals surface area contributed by atoms with Crippen LogP contribution in [-0.2, 0) is 6.54 Å². The normalized spacial score (nSPS) is 13.4. The summed E-state index contributed by atoms with van der Waals surface area (Å²) < 4.78 is 25.8. The monoisotopic (exact) mass is 216 g/mol. The van der Waals surface area contributed by atoms with Crippen molar-refractivity contribution in [1.29, 1.82) is 0 Å². The highest BCUT2D eigenvalue weighted by Gasteiger charge is 2.10. The van der Waals surface area contributed by atoms with E-state index in [1.54, 1.807) is 17.0 Å². The maximum absolute atomic E-state index is 12.1. The van der Waals surface area contributed by atoms with Gasteiger partial charge in [-0.25, -0.2) is 8.78 Å². The van der Waals surface area contributed by atoms with E-state index >= 15 is 0 Å². The van der Waals surface area contributed by atoms with Crippen molar-refractivity contribution >= 4 is 0 Å². The van der Waals surface area contributed by atoms with Crippen LogP contribution in [0.25, 0.3) is 0 Å². The summed E-state index contributed by atoms with van der Waals surface area (Å²) in [5.74, 6) is 0. The first kappa shape index (κ1) is 12.2. The van der Waals surface area contributed by atoms with Gasteiger partial charge in [0.1, 0.15) is 0 Å². The van der Waals surface area contributed by atoms with Crippen molar-refractivity contribution in [1.82, 2.24) is 9.88 Å². The molecule has 1 atom stereocenters. The van der Waals surface area contributed by atoms with Crippen LogP contribution in [0.1, 0.15) is 31.9 Å². The van der Waals surface area contributed by atoms with E-state index in [-0.39, 0.29) is 12.6 Å². The molecule has 0 fully saturated rings. The molecule has 0 amide bonds. The summed E-state index contributed by atoms with van der Waals surface area (Å²) in [7, 11) is 0. The minimum Gasteiger partial charge on any atom is -0.348 e. The van der Waals surface area contributed by atoms with Crippen molar-refractivity contribution < 1.29 is 8.78 Å². The molecule has 2 nitrogen and oxygen atoms in total. The van der Waals surface area contributed by atoms with Crippen molar-refractivity contribution in [3.05, 3.63) is 24.0 Å². The lowest BCUT2D eigenvalue weighted by atomic mass is 10.1. The molecule has 1 heterocycles. The van der Waals surface area contributed by atoms with Gasteiger partial charge in [-0.2, -0.15) is 0 Å². The van der Waals surface area contributed by atoms with E-state index in [1.807, 2.05) is 13.0 Å². The highest BCUT2D eigenvalue weighted by Crippen LogP contribution is 2.17. The molecule has 0 aliphatic heterocycles. The van der Waals surface area contributed by atoms with Crippen LogP contribution in [0, 0.1) is 0 Å². The highest BCUT2D eigenvalue weighted by atomic mass is 19.3. The first-order valence-electron chi connectivity index (χ1n) is 5.34. The van der Waals surface area contributed by atoms with E-state index in [2.05, 4.69) is 12.2 Å².